The Kier molecular flexibility index (Phi) is 20.8. The summed E-state index contributed by atoms with van der Waals surface area (Å²) in [5, 5.41) is 34.9. The molecule has 1 saturated carbocycles. The summed E-state index contributed by atoms with van der Waals surface area (Å²) in [6.07, 6.45) is 13.3. The number of ketones is 3. The van der Waals surface area contributed by atoms with Crippen LogP contribution in [0.2, 0.25) is 0 Å². The molecule has 1 aromatic rings. The number of fused-ring (bicyclic) bond motifs is 3. The van der Waals surface area contributed by atoms with Crippen LogP contribution in [0.4, 0.5) is 0 Å². The van der Waals surface area contributed by atoms with Gasteiger partial charge in [-0.15, -0.1) is 0 Å². The Balaban J connectivity index is 1.49. The quantitative estimate of drug-likeness (QED) is 0.134. The van der Waals surface area contributed by atoms with Gasteiger partial charge >= 0.3 is 11.8 Å². The average molecular weight is 967 g/mol. The van der Waals surface area contributed by atoms with Crippen molar-refractivity contribution in [3.8, 4) is 0 Å². The number of aromatic amines is 1. The van der Waals surface area contributed by atoms with Crippen LogP contribution >= 0.6 is 0 Å². The highest BCUT2D eigenvalue weighted by Crippen LogP contribution is 2.38. The Hall–Kier alpha value is -4.26. The minimum Gasteiger partial charge on any atom is -0.460 e. The van der Waals surface area contributed by atoms with E-state index in [4.69, 9.17) is 23.7 Å². The number of nitrogens with zero attached hydrogens (tertiary/aromatic N) is 4. The van der Waals surface area contributed by atoms with E-state index in [1.54, 1.807) is 45.9 Å². The first-order valence-electron chi connectivity index (χ1n) is 25.1. The summed E-state index contributed by atoms with van der Waals surface area (Å²) in [5.41, 5.74) is 1.24. The summed E-state index contributed by atoms with van der Waals surface area (Å²) in [4.78, 5) is 74.3. The predicted molar refractivity (Wildman–Crippen MR) is 255 cm³/mol. The molecule has 3 aliphatic heterocycles. The number of piperidine rings is 1. The van der Waals surface area contributed by atoms with Crippen molar-refractivity contribution in [1.82, 2.24) is 20.3 Å². The van der Waals surface area contributed by atoms with Gasteiger partial charge in [-0.25, -0.2) is 4.79 Å². The molecule has 384 valence electrons. The number of allylic oxidation sites excluding steroid dienone is 6. The molecule has 1 aliphatic carbocycles. The number of hydrogen-bond acceptors (Lipinski definition) is 14. The molecule has 0 aromatic carbocycles. The fraction of sp³-hybridized carbons (Fsp3) is 0.731. The molecule has 2 bridgehead atoms. The number of ether oxygens (including phenoxy) is 5. The lowest BCUT2D eigenvalue weighted by molar-refractivity contribution is -0.834. The normalized spacial score (nSPS) is 38.0. The zero-order chi connectivity index (χ0) is 50.6. The summed E-state index contributed by atoms with van der Waals surface area (Å²) >= 11 is 0. The lowest BCUT2D eigenvalue weighted by atomic mass is 9.77. The van der Waals surface area contributed by atoms with E-state index in [1.807, 2.05) is 58.1 Å². The zero-order valence-electron chi connectivity index (χ0n) is 42.6. The summed E-state index contributed by atoms with van der Waals surface area (Å²) in [7, 11) is 4.62. The van der Waals surface area contributed by atoms with E-state index in [9.17, 15) is 34.2 Å². The van der Waals surface area contributed by atoms with Crippen LogP contribution in [0.5, 0.6) is 0 Å². The average Bonchev–Trinajstić information content (AvgIpc) is 3.85. The van der Waals surface area contributed by atoms with Crippen molar-refractivity contribution in [3.63, 3.8) is 0 Å². The molecule has 0 spiro atoms. The molecule has 3 unspecified atom stereocenters. The first kappa shape index (κ1) is 55.7. The number of aromatic nitrogens is 4. The van der Waals surface area contributed by atoms with Crippen LogP contribution in [0, 0.1) is 35.5 Å². The molecule has 17 nitrogen and oxygen atoms in total. The maximum absolute atomic E-state index is 14.7. The fourth-order valence-electron chi connectivity index (χ4n) is 10.7. The second kappa shape index (κ2) is 25.7. The van der Waals surface area contributed by atoms with E-state index >= 15 is 0 Å². The number of tetrazole rings is 1. The van der Waals surface area contributed by atoms with Crippen molar-refractivity contribution in [2.24, 2.45) is 35.5 Å². The summed E-state index contributed by atoms with van der Waals surface area (Å²) in [6.45, 7) is 12.8. The standard InChI is InChI=1S/C52H79N5O12/c1-31-16-12-11-13-17-32(2)43(65-8)28-39-21-19-33(3)49(61)52(64,69-39)51(63)56-23-15-14-18-41(56)50(62)68-44(35(5)26-38-20-22-40(45(27-38)66-9)57-54-30-53-55-57)29-42(58)34(4)25-37(7)47(60)48(67-10)46(59)36(6)24-31/h11-13,16-17,25,30-31,33-36,38-41,43-45,47-48,60,64H,14-15,18-24,26-29H2,1-10H3/p+1/b13-11+,16-12+,32-17?,37-25+/t31-,33-,34-,35-,36+,38+,39?,40-,41?,43+,44+,45-,47-,48+,52?/m1/s1. The van der Waals surface area contributed by atoms with Crippen LogP contribution < -0.4 is 4.80 Å². The van der Waals surface area contributed by atoms with E-state index in [0.29, 0.717) is 50.5 Å². The third-order valence-corrected chi connectivity index (χ3v) is 15.1. The van der Waals surface area contributed by atoms with Gasteiger partial charge in [0, 0.05) is 58.5 Å². The van der Waals surface area contributed by atoms with Crippen molar-refractivity contribution in [3.05, 3.63) is 53.9 Å². The molecule has 17 heteroatoms. The Morgan fingerprint density at radius 1 is 0.899 bits per heavy atom. The number of rotatable bonds is 7. The minimum atomic E-state index is -2.85. The minimum absolute atomic E-state index is 0.0134. The van der Waals surface area contributed by atoms with Crippen LogP contribution in [0.1, 0.15) is 132 Å². The van der Waals surface area contributed by atoms with Gasteiger partial charge in [0.15, 0.2) is 11.8 Å². The van der Waals surface area contributed by atoms with Gasteiger partial charge in [0.1, 0.15) is 36.2 Å². The molecule has 2 saturated heterocycles. The van der Waals surface area contributed by atoms with E-state index in [2.05, 4.69) is 15.4 Å². The van der Waals surface area contributed by atoms with E-state index in [1.165, 1.54) is 18.3 Å². The Labute approximate surface area is 408 Å². The molecule has 1 amide bonds. The van der Waals surface area contributed by atoms with Gasteiger partial charge in [-0.1, -0.05) is 75.9 Å². The number of hydrogen-bond donors (Lipinski definition) is 3. The molecule has 5 rings (SSSR count). The Morgan fingerprint density at radius 2 is 1.65 bits per heavy atom. The number of amides is 1. The molecular formula is C52H80N5O12+. The van der Waals surface area contributed by atoms with Crippen molar-refractivity contribution in [2.45, 2.75) is 180 Å². The van der Waals surface area contributed by atoms with Gasteiger partial charge in [-0.05, 0) is 117 Å². The summed E-state index contributed by atoms with van der Waals surface area (Å²) in [5.74, 6) is -7.95. The van der Waals surface area contributed by atoms with Gasteiger partial charge in [-0.2, -0.15) is 0 Å². The number of aliphatic hydroxyl groups is 2. The number of cyclic esters (lactones) is 1. The fourth-order valence-corrected chi connectivity index (χ4v) is 10.7. The molecule has 1 aromatic heterocycles. The van der Waals surface area contributed by atoms with Gasteiger partial charge in [0.05, 0.1) is 17.3 Å². The molecule has 0 radical (unpaired) electrons. The molecule has 15 atom stereocenters. The largest absolute Gasteiger partial charge is 0.460 e. The Bertz CT molecular complexity index is 2020. The second-order valence-corrected chi connectivity index (χ2v) is 20.4. The highest BCUT2D eigenvalue weighted by atomic mass is 16.6. The number of nitrogens with one attached hydrogen (secondary N) is 1. The first-order chi connectivity index (χ1) is 32.8. The summed E-state index contributed by atoms with van der Waals surface area (Å²) < 4.78 is 30.0. The van der Waals surface area contributed by atoms with E-state index < -0.39 is 77.8 Å². The van der Waals surface area contributed by atoms with Crippen molar-refractivity contribution in [2.75, 3.05) is 27.9 Å². The SMILES string of the molecule is CO[C@H]1CC2CC[C@@H](C)C(=O)C(O)(O2)C(=O)N2CCCCC2C(=O)O[C@H]([C@H](C)C[C@@H]2CC[C@@H]([n+]3ncn[nH]3)[C@H](OC)C2)CC(=O)[C@H](C)/C=C(\C)[C@@H](O)[C@@H](OC)C(=O)[C@@H](C)C[C@H](C)/C=C/C=C/C=C1C. The lowest BCUT2D eigenvalue weighted by Gasteiger charge is -2.40. The zero-order valence-corrected chi connectivity index (χ0v) is 42.6. The number of carbonyl (C=O) groups excluding carboxylic acids is 5. The number of methoxy groups -OCH3 is 3. The number of esters is 1. The van der Waals surface area contributed by atoms with Gasteiger partial charge in [-0.3, -0.25) is 19.2 Å². The number of carbonyl (C=O) groups is 5. The van der Waals surface area contributed by atoms with E-state index in [0.717, 1.165) is 18.4 Å². The maximum Gasteiger partial charge on any atom is 0.329 e. The third kappa shape index (κ3) is 14.2. The molecule has 3 N–H and O–H groups in total. The molecule has 69 heavy (non-hydrogen) atoms. The van der Waals surface area contributed by atoms with Crippen LogP contribution in [-0.2, 0) is 47.7 Å². The van der Waals surface area contributed by atoms with Crippen molar-refractivity contribution in [1.29, 1.82) is 0 Å². The molecule has 4 aliphatic rings. The van der Waals surface area contributed by atoms with Crippen LogP contribution in [0.3, 0.4) is 0 Å². The predicted octanol–water partition coefficient (Wildman–Crippen LogP) is 5.47. The topological polar surface area (TPSA) is 221 Å². The molecule has 3 fully saturated rings. The number of H-pyrrole nitrogens is 1. The van der Waals surface area contributed by atoms with Gasteiger partial charge in [0.25, 0.3) is 12.2 Å². The maximum atomic E-state index is 14.7. The molecular weight excluding hydrogens is 887 g/mol. The summed E-state index contributed by atoms with van der Waals surface area (Å²) in [6, 6.07) is -1.21. The van der Waals surface area contributed by atoms with Gasteiger partial charge < -0.3 is 38.8 Å². The van der Waals surface area contributed by atoms with Crippen molar-refractivity contribution < 1.29 is 62.7 Å². The second-order valence-electron chi connectivity index (χ2n) is 20.4. The third-order valence-electron chi connectivity index (χ3n) is 15.1. The van der Waals surface area contributed by atoms with Crippen LogP contribution in [0.15, 0.2) is 53.9 Å². The van der Waals surface area contributed by atoms with Crippen LogP contribution in [-0.4, -0.2) is 136 Å². The van der Waals surface area contributed by atoms with Gasteiger partial charge in [0.2, 0.25) is 5.78 Å². The lowest BCUT2D eigenvalue weighted by Crippen LogP contribution is -2.62. The molecule has 4 heterocycles. The number of aliphatic hydroxyl groups excluding tert-OH is 1. The highest BCUT2D eigenvalue weighted by Gasteiger charge is 2.55. The first-order valence-corrected chi connectivity index (χ1v) is 25.1. The smallest absolute Gasteiger partial charge is 0.329 e. The van der Waals surface area contributed by atoms with Crippen LogP contribution in [0.25, 0.3) is 0 Å². The highest BCUT2D eigenvalue weighted by molar-refractivity contribution is 6.09. The monoisotopic (exact) mass is 967 g/mol. The van der Waals surface area contributed by atoms with E-state index in [-0.39, 0.29) is 67.3 Å². The van der Waals surface area contributed by atoms with Crippen molar-refractivity contribution >= 4 is 29.2 Å². The Morgan fingerprint density at radius 3 is 2.33 bits per heavy atom. The number of Topliss-reactive ketones (excluding diaryl/α,β-unsaturated/α-hetero) is 3.